The van der Waals surface area contributed by atoms with Crippen molar-refractivity contribution in [2.24, 2.45) is 7.05 Å². The molecule has 0 atom stereocenters. The van der Waals surface area contributed by atoms with E-state index >= 15 is 0 Å². The van der Waals surface area contributed by atoms with E-state index in [1.54, 1.807) is 6.07 Å². The molecule has 3 aromatic heterocycles. The van der Waals surface area contributed by atoms with Crippen LogP contribution in [0.3, 0.4) is 0 Å². The number of hydrogen-bond donors (Lipinski definition) is 2. The summed E-state index contributed by atoms with van der Waals surface area (Å²) >= 11 is 0. The Morgan fingerprint density at radius 2 is 1.50 bits per heavy atom. The second-order valence-corrected chi connectivity index (χ2v) is 8.61. The average Bonchev–Trinajstić information content (AvgIpc) is 3.42. The van der Waals surface area contributed by atoms with Crippen LogP contribution in [0.25, 0.3) is 66.4 Å². The first-order valence-corrected chi connectivity index (χ1v) is 11.2. The number of aromatic hydroxyl groups is 1. The fourth-order valence-electron chi connectivity index (χ4n) is 5.00. The number of aromatic amines is 1. The lowest BCUT2D eigenvalue weighted by atomic mass is 10.1. The first-order chi connectivity index (χ1) is 16.7. The molecule has 2 N–H and O–H groups in total. The summed E-state index contributed by atoms with van der Waals surface area (Å²) in [5.41, 5.74) is 7.48. The maximum absolute atomic E-state index is 10.3. The van der Waals surface area contributed by atoms with Crippen LogP contribution in [0.5, 0.6) is 5.75 Å². The molecule has 0 bridgehead atoms. The van der Waals surface area contributed by atoms with E-state index in [0.717, 1.165) is 50.1 Å². The van der Waals surface area contributed by atoms with Gasteiger partial charge in [-0.05, 0) is 30.3 Å². The van der Waals surface area contributed by atoms with Crippen LogP contribution in [-0.2, 0) is 7.05 Å². The third-order valence-electron chi connectivity index (χ3n) is 6.67. The van der Waals surface area contributed by atoms with Gasteiger partial charge in [0, 0.05) is 39.8 Å². The van der Waals surface area contributed by atoms with Crippen molar-refractivity contribution in [2.45, 2.75) is 0 Å². The third kappa shape index (κ3) is 2.61. The van der Waals surface area contributed by atoms with Crippen LogP contribution in [0.15, 0.2) is 91.0 Å². The molecule has 0 aliphatic rings. The first-order valence-electron chi connectivity index (χ1n) is 11.2. The number of pyridine rings is 1. The van der Waals surface area contributed by atoms with E-state index in [0.29, 0.717) is 5.52 Å². The van der Waals surface area contributed by atoms with Gasteiger partial charge in [-0.25, -0.2) is 9.97 Å². The summed E-state index contributed by atoms with van der Waals surface area (Å²) in [7, 11) is 2.05. The molecule has 0 fully saturated rings. The highest BCUT2D eigenvalue weighted by atomic mass is 16.3. The number of nitrogens with zero attached hydrogens (tertiary/aromatic N) is 3. The van der Waals surface area contributed by atoms with Crippen LogP contribution in [-0.4, -0.2) is 24.6 Å². The summed E-state index contributed by atoms with van der Waals surface area (Å²) in [6.45, 7) is 0. The lowest BCUT2D eigenvalue weighted by Gasteiger charge is -2.06. The second-order valence-electron chi connectivity index (χ2n) is 8.61. The van der Waals surface area contributed by atoms with Crippen molar-refractivity contribution in [1.82, 2.24) is 19.5 Å². The van der Waals surface area contributed by atoms with Crippen LogP contribution in [0.1, 0.15) is 0 Å². The van der Waals surface area contributed by atoms with E-state index in [1.807, 2.05) is 42.5 Å². The number of phenols is 1. The standard InChI is InChI=1S/C29H20N4O/c1-33-24-13-6-10-20(23-16-15-17-7-4-14-25(34)26(17)30-23)28(24)32-29(33)21-11-5-9-19-18-8-2-3-12-22(18)31-27(19)21/h2-16,31,34H,1H3. The Kier molecular flexibility index (Phi) is 3.85. The van der Waals surface area contributed by atoms with E-state index in [1.165, 1.54) is 10.8 Å². The molecule has 34 heavy (non-hydrogen) atoms. The maximum atomic E-state index is 10.3. The molecular weight excluding hydrogens is 420 g/mol. The number of fused-ring (bicyclic) bond motifs is 5. The van der Waals surface area contributed by atoms with Crippen molar-refractivity contribution in [3.8, 4) is 28.4 Å². The molecule has 0 saturated heterocycles. The first kappa shape index (κ1) is 18.9. The van der Waals surface area contributed by atoms with Gasteiger partial charge >= 0.3 is 0 Å². The van der Waals surface area contributed by atoms with Crippen molar-refractivity contribution in [3.05, 3.63) is 91.0 Å². The molecule has 0 saturated carbocycles. The number of para-hydroxylation sites is 4. The van der Waals surface area contributed by atoms with Crippen LogP contribution < -0.4 is 0 Å². The Labute approximate surface area is 194 Å². The molecule has 7 aromatic rings. The van der Waals surface area contributed by atoms with Gasteiger partial charge in [0.25, 0.3) is 0 Å². The summed E-state index contributed by atoms with van der Waals surface area (Å²) in [6.07, 6.45) is 0. The maximum Gasteiger partial charge on any atom is 0.143 e. The van der Waals surface area contributed by atoms with Crippen LogP contribution in [0.4, 0.5) is 0 Å². The van der Waals surface area contributed by atoms with Crippen molar-refractivity contribution >= 4 is 43.7 Å². The smallest absolute Gasteiger partial charge is 0.143 e. The fourth-order valence-corrected chi connectivity index (χ4v) is 5.00. The second kappa shape index (κ2) is 6.93. The lowest BCUT2D eigenvalue weighted by Crippen LogP contribution is -1.93. The van der Waals surface area contributed by atoms with Gasteiger partial charge in [0.05, 0.1) is 22.2 Å². The SMILES string of the molecule is Cn1c(-c2cccc3c2[nH]c2ccccc23)nc2c(-c3ccc4cccc(O)c4n3)cccc21. The molecule has 5 nitrogen and oxygen atoms in total. The van der Waals surface area contributed by atoms with E-state index in [4.69, 9.17) is 9.97 Å². The number of benzene rings is 4. The van der Waals surface area contributed by atoms with Crippen molar-refractivity contribution < 1.29 is 5.11 Å². The zero-order valence-corrected chi connectivity index (χ0v) is 18.4. The molecule has 3 heterocycles. The molecule has 0 unspecified atom stereocenters. The molecule has 0 amide bonds. The fraction of sp³-hybridized carbons (Fsp3) is 0.0345. The van der Waals surface area contributed by atoms with Gasteiger partial charge < -0.3 is 14.7 Å². The average molecular weight is 441 g/mol. The summed E-state index contributed by atoms with van der Waals surface area (Å²) in [5, 5.41) is 13.6. The highest BCUT2D eigenvalue weighted by Gasteiger charge is 2.18. The number of rotatable bonds is 2. The van der Waals surface area contributed by atoms with Gasteiger partial charge in [-0.1, -0.05) is 60.7 Å². The molecule has 0 radical (unpaired) electrons. The zero-order valence-electron chi connectivity index (χ0n) is 18.4. The zero-order chi connectivity index (χ0) is 22.8. The van der Waals surface area contributed by atoms with Crippen LogP contribution in [0, 0.1) is 0 Å². The van der Waals surface area contributed by atoms with E-state index in [9.17, 15) is 5.11 Å². The Morgan fingerprint density at radius 3 is 2.44 bits per heavy atom. The van der Waals surface area contributed by atoms with E-state index in [2.05, 4.69) is 59.1 Å². The quantitative estimate of drug-likeness (QED) is 0.311. The monoisotopic (exact) mass is 440 g/mol. The minimum Gasteiger partial charge on any atom is -0.506 e. The van der Waals surface area contributed by atoms with Crippen molar-refractivity contribution in [2.75, 3.05) is 0 Å². The predicted octanol–water partition coefficient (Wildman–Crippen LogP) is 6.80. The topological polar surface area (TPSA) is 66.7 Å². The number of aromatic nitrogens is 4. The minimum absolute atomic E-state index is 0.179. The normalized spacial score (nSPS) is 11.8. The number of imidazole rings is 1. The highest BCUT2D eigenvalue weighted by Crippen LogP contribution is 2.36. The number of aryl methyl sites for hydroxylation is 1. The number of phenolic OH excluding ortho intramolecular Hbond substituents is 1. The molecule has 0 aliphatic heterocycles. The Balaban J connectivity index is 1.48. The molecule has 0 aliphatic carbocycles. The van der Waals surface area contributed by atoms with E-state index < -0.39 is 0 Å². The Bertz CT molecular complexity index is 1890. The van der Waals surface area contributed by atoms with Gasteiger partial charge in [-0.3, -0.25) is 0 Å². The van der Waals surface area contributed by atoms with Gasteiger partial charge in [0.2, 0.25) is 0 Å². The van der Waals surface area contributed by atoms with Crippen LogP contribution in [0.2, 0.25) is 0 Å². The van der Waals surface area contributed by atoms with Gasteiger partial charge in [-0.2, -0.15) is 0 Å². The summed E-state index contributed by atoms with van der Waals surface area (Å²) < 4.78 is 2.14. The van der Waals surface area contributed by atoms with Crippen molar-refractivity contribution in [1.29, 1.82) is 0 Å². The lowest BCUT2D eigenvalue weighted by molar-refractivity contribution is 0.480. The van der Waals surface area contributed by atoms with Gasteiger partial charge in [-0.15, -0.1) is 0 Å². The van der Waals surface area contributed by atoms with Gasteiger partial charge in [0.15, 0.2) is 0 Å². The molecule has 0 spiro atoms. The predicted molar refractivity (Wildman–Crippen MR) is 138 cm³/mol. The molecular formula is C29H20N4O. The third-order valence-corrected chi connectivity index (χ3v) is 6.67. The summed E-state index contributed by atoms with van der Waals surface area (Å²) in [6, 6.07) is 30.3. The number of nitrogens with one attached hydrogen (secondary N) is 1. The van der Waals surface area contributed by atoms with Crippen molar-refractivity contribution in [3.63, 3.8) is 0 Å². The van der Waals surface area contributed by atoms with Gasteiger partial charge in [0.1, 0.15) is 17.1 Å². The number of hydrogen-bond acceptors (Lipinski definition) is 3. The summed E-state index contributed by atoms with van der Waals surface area (Å²) in [5.74, 6) is 1.07. The summed E-state index contributed by atoms with van der Waals surface area (Å²) in [4.78, 5) is 13.5. The Hall–Kier alpha value is -4.64. The molecule has 4 aromatic carbocycles. The highest BCUT2D eigenvalue weighted by molar-refractivity contribution is 6.11. The minimum atomic E-state index is 0.179. The molecule has 5 heteroatoms. The number of H-pyrrole nitrogens is 1. The molecule has 7 rings (SSSR count). The largest absolute Gasteiger partial charge is 0.506 e. The van der Waals surface area contributed by atoms with Crippen LogP contribution >= 0.6 is 0 Å². The van der Waals surface area contributed by atoms with E-state index in [-0.39, 0.29) is 5.75 Å². The molecule has 162 valence electrons. The Morgan fingerprint density at radius 1 is 0.706 bits per heavy atom.